The monoisotopic (exact) mass is 399 g/mol. The number of hydrogen-bond acceptors (Lipinski definition) is 6. The molecule has 2 aromatic carbocycles. The number of aliphatic hydroxyl groups excluding tert-OH is 1. The summed E-state index contributed by atoms with van der Waals surface area (Å²) in [5.74, 6) is 1.12. The van der Waals surface area contributed by atoms with Crippen LogP contribution in [0.15, 0.2) is 54.0 Å². The van der Waals surface area contributed by atoms with Crippen molar-refractivity contribution in [2.24, 2.45) is 0 Å². The SMILES string of the molecule is COc1ccc(OC)c(C(O)CNC(=O)Nc2ccc(-c3nccs3)cc2)c1. The number of carbonyl (C=O) groups excluding carboxylic acids is 1. The standard InChI is InChI=1S/C20H21N3O4S/c1-26-15-7-8-18(27-2)16(11-15)17(24)12-22-20(25)23-14-5-3-13(4-6-14)19-21-9-10-28-19/h3-11,17,24H,12H2,1-2H3,(H2,22,23,25). The Labute approximate surface area is 167 Å². The second kappa shape index (κ2) is 9.20. The van der Waals surface area contributed by atoms with E-state index in [4.69, 9.17) is 9.47 Å². The Hall–Kier alpha value is -3.10. The molecule has 28 heavy (non-hydrogen) atoms. The highest BCUT2D eigenvalue weighted by Gasteiger charge is 2.16. The van der Waals surface area contributed by atoms with Crippen LogP contribution in [-0.2, 0) is 0 Å². The van der Waals surface area contributed by atoms with Gasteiger partial charge in [0.25, 0.3) is 0 Å². The first-order valence-electron chi connectivity index (χ1n) is 8.55. The Morgan fingerprint density at radius 2 is 1.96 bits per heavy atom. The average molecular weight is 399 g/mol. The maximum absolute atomic E-state index is 12.1. The normalized spacial score (nSPS) is 11.5. The zero-order chi connectivity index (χ0) is 19.9. The molecule has 1 atom stereocenters. The quantitative estimate of drug-likeness (QED) is 0.564. The van der Waals surface area contributed by atoms with Crippen molar-refractivity contribution in [3.63, 3.8) is 0 Å². The van der Waals surface area contributed by atoms with E-state index < -0.39 is 12.1 Å². The summed E-state index contributed by atoms with van der Waals surface area (Å²) in [5, 5.41) is 18.7. The second-order valence-corrected chi connectivity index (χ2v) is 6.77. The van der Waals surface area contributed by atoms with Gasteiger partial charge in [0, 0.05) is 34.9 Å². The molecule has 0 saturated heterocycles. The average Bonchev–Trinajstić information content (AvgIpc) is 3.27. The lowest BCUT2D eigenvalue weighted by atomic mass is 10.1. The van der Waals surface area contributed by atoms with Crippen LogP contribution in [0.2, 0.25) is 0 Å². The molecule has 0 bridgehead atoms. The fourth-order valence-corrected chi connectivity index (χ4v) is 3.28. The molecule has 3 rings (SSSR count). The van der Waals surface area contributed by atoms with E-state index in [1.165, 1.54) is 7.11 Å². The van der Waals surface area contributed by atoms with Gasteiger partial charge in [-0.15, -0.1) is 11.3 Å². The van der Waals surface area contributed by atoms with E-state index >= 15 is 0 Å². The number of benzene rings is 2. The summed E-state index contributed by atoms with van der Waals surface area (Å²) in [6.45, 7) is 0.0204. The molecule has 0 aliphatic rings. The van der Waals surface area contributed by atoms with Gasteiger partial charge in [-0.25, -0.2) is 9.78 Å². The van der Waals surface area contributed by atoms with Gasteiger partial charge in [-0.2, -0.15) is 0 Å². The van der Waals surface area contributed by atoms with Gasteiger partial charge in [-0.3, -0.25) is 0 Å². The van der Waals surface area contributed by atoms with Crippen molar-refractivity contribution in [3.8, 4) is 22.1 Å². The lowest BCUT2D eigenvalue weighted by molar-refractivity contribution is 0.170. The van der Waals surface area contributed by atoms with Crippen LogP contribution >= 0.6 is 11.3 Å². The molecule has 0 aliphatic carbocycles. The van der Waals surface area contributed by atoms with Crippen LogP contribution in [-0.4, -0.2) is 36.9 Å². The van der Waals surface area contributed by atoms with Gasteiger partial charge in [0.05, 0.1) is 14.2 Å². The van der Waals surface area contributed by atoms with Crippen molar-refractivity contribution in [2.45, 2.75) is 6.10 Å². The Morgan fingerprint density at radius 1 is 1.18 bits per heavy atom. The molecule has 0 spiro atoms. The smallest absolute Gasteiger partial charge is 0.319 e. The number of nitrogens with one attached hydrogen (secondary N) is 2. The van der Waals surface area contributed by atoms with Crippen LogP contribution in [0, 0.1) is 0 Å². The summed E-state index contributed by atoms with van der Waals surface area (Å²) in [5.41, 5.74) is 2.17. The zero-order valence-corrected chi connectivity index (χ0v) is 16.3. The molecule has 0 fully saturated rings. The summed E-state index contributed by atoms with van der Waals surface area (Å²) < 4.78 is 10.4. The molecule has 2 amide bonds. The predicted octanol–water partition coefficient (Wildman–Crippen LogP) is 3.68. The van der Waals surface area contributed by atoms with Crippen molar-refractivity contribution in [3.05, 3.63) is 59.6 Å². The first-order valence-corrected chi connectivity index (χ1v) is 9.43. The minimum Gasteiger partial charge on any atom is -0.497 e. The number of carbonyl (C=O) groups is 1. The molecule has 3 aromatic rings. The number of anilines is 1. The number of methoxy groups -OCH3 is 2. The number of amides is 2. The highest BCUT2D eigenvalue weighted by molar-refractivity contribution is 7.13. The fourth-order valence-electron chi connectivity index (χ4n) is 2.64. The summed E-state index contributed by atoms with van der Waals surface area (Å²) in [6.07, 6.45) is 0.811. The Balaban J connectivity index is 1.57. The number of nitrogens with zero attached hydrogens (tertiary/aromatic N) is 1. The first-order chi connectivity index (χ1) is 13.6. The number of urea groups is 1. The third kappa shape index (κ3) is 4.79. The van der Waals surface area contributed by atoms with Crippen molar-refractivity contribution in [1.29, 1.82) is 0 Å². The van der Waals surface area contributed by atoms with Gasteiger partial charge >= 0.3 is 6.03 Å². The molecule has 3 N–H and O–H groups in total. The summed E-state index contributed by atoms with van der Waals surface area (Å²) in [6, 6.07) is 12.1. The Bertz CT molecular complexity index is 914. The minimum absolute atomic E-state index is 0.0204. The highest BCUT2D eigenvalue weighted by atomic mass is 32.1. The van der Waals surface area contributed by atoms with Crippen molar-refractivity contribution in [1.82, 2.24) is 10.3 Å². The van der Waals surface area contributed by atoms with Gasteiger partial charge in [0.2, 0.25) is 0 Å². The molecule has 7 nitrogen and oxygen atoms in total. The van der Waals surface area contributed by atoms with Crippen molar-refractivity contribution < 1.29 is 19.4 Å². The van der Waals surface area contributed by atoms with E-state index in [0.717, 1.165) is 10.6 Å². The van der Waals surface area contributed by atoms with E-state index in [1.807, 2.05) is 17.5 Å². The van der Waals surface area contributed by atoms with Crippen molar-refractivity contribution >= 4 is 23.1 Å². The lowest BCUT2D eigenvalue weighted by Crippen LogP contribution is -2.32. The molecule has 0 aliphatic heterocycles. The molecule has 0 radical (unpaired) electrons. The number of ether oxygens (including phenoxy) is 2. The highest BCUT2D eigenvalue weighted by Crippen LogP contribution is 2.29. The maximum atomic E-state index is 12.1. The first kappa shape index (κ1) is 19.7. The fraction of sp³-hybridized carbons (Fsp3) is 0.200. The van der Waals surface area contributed by atoms with E-state index in [9.17, 15) is 9.90 Å². The summed E-state index contributed by atoms with van der Waals surface area (Å²) in [7, 11) is 3.07. The van der Waals surface area contributed by atoms with Crippen LogP contribution in [0.3, 0.4) is 0 Å². The molecular formula is C20H21N3O4S. The van der Waals surface area contributed by atoms with Crippen molar-refractivity contribution in [2.75, 3.05) is 26.1 Å². The van der Waals surface area contributed by atoms with E-state index in [1.54, 1.807) is 55.0 Å². The molecule has 1 heterocycles. The third-order valence-electron chi connectivity index (χ3n) is 4.07. The third-order valence-corrected chi connectivity index (χ3v) is 4.90. The van der Waals surface area contributed by atoms with E-state index in [-0.39, 0.29) is 6.54 Å². The van der Waals surface area contributed by atoms with Gasteiger partial charge in [-0.1, -0.05) is 0 Å². The van der Waals surface area contributed by atoms with Crippen LogP contribution in [0.4, 0.5) is 10.5 Å². The van der Waals surface area contributed by atoms with Crippen LogP contribution < -0.4 is 20.1 Å². The van der Waals surface area contributed by atoms with E-state index in [2.05, 4.69) is 15.6 Å². The summed E-state index contributed by atoms with van der Waals surface area (Å²) in [4.78, 5) is 16.4. The number of aromatic nitrogens is 1. The van der Waals surface area contributed by atoms with Crippen LogP contribution in [0.25, 0.3) is 10.6 Å². The molecule has 0 saturated carbocycles. The number of rotatable bonds is 7. The summed E-state index contributed by atoms with van der Waals surface area (Å²) >= 11 is 1.55. The molecule has 1 aromatic heterocycles. The molecule has 1 unspecified atom stereocenters. The van der Waals surface area contributed by atoms with Crippen LogP contribution in [0.5, 0.6) is 11.5 Å². The second-order valence-electron chi connectivity index (χ2n) is 5.87. The number of hydrogen-bond donors (Lipinski definition) is 3. The minimum atomic E-state index is -0.942. The topological polar surface area (TPSA) is 92.7 Å². The zero-order valence-electron chi connectivity index (χ0n) is 15.5. The largest absolute Gasteiger partial charge is 0.497 e. The maximum Gasteiger partial charge on any atom is 0.319 e. The van der Waals surface area contributed by atoms with Gasteiger partial charge < -0.3 is 25.2 Å². The Morgan fingerprint density at radius 3 is 2.61 bits per heavy atom. The van der Waals surface area contributed by atoms with Gasteiger partial charge in [0.1, 0.15) is 22.6 Å². The Kier molecular flexibility index (Phi) is 6.46. The molecular weight excluding hydrogens is 378 g/mol. The number of thiazole rings is 1. The van der Waals surface area contributed by atoms with Gasteiger partial charge in [0.15, 0.2) is 0 Å². The molecule has 8 heteroatoms. The van der Waals surface area contributed by atoms with E-state index in [0.29, 0.717) is 22.7 Å². The molecule has 146 valence electrons. The number of aliphatic hydroxyl groups is 1. The van der Waals surface area contributed by atoms with Crippen LogP contribution in [0.1, 0.15) is 11.7 Å². The lowest BCUT2D eigenvalue weighted by Gasteiger charge is -2.17. The van der Waals surface area contributed by atoms with Gasteiger partial charge in [-0.05, 0) is 42.5 Å². The predicted molar refractivity (Wildman–Crippen MR) is 109 cm³/mol.